The highest BCUT2D eigenvalue weighted by atomic mass is 32.2. The van der Waals surface area contributed by atoms with Crippen LogP contribution >= 0.6 is 11.8 Å². The zero-order valence-corrected chi connectivity index (χ0v) is 14.1. The summed E-state index contributed by atoms with van der Waals surface area (Å²) in [5, 5.41) is 5.58. The van der Waals surface area contributed by atoms with Crippen molar-refractivity contribution in [2.24, 2.45) is 5.92 Å². The molecule has 22 heavy (non-hydrogen) atoms. The Bertz CT molecular complexity index is 452. The Balaban J connectivity index is 2.03. The molecule has 5 nitrogen and oxygen atoms in total. The van der Waals surface area contributed by atoms with Crippen molar-refractivity contribution < 1.29 is 9.59 Å². The van der Waals surface area contributed by atoms with Crippen LogP contribution in [0.5, 0.6) is 0 Å². The van der Waals surface area contributed by atoms with Crippen LogP contribution in [0.4, 0.5) is 0 Å². The SMILES string of the molecule is CC(C)CSCCC(=O)NCCC(=O)NCc1cccnc1. The number of hydrogen-bond acceptors (Lipinski definition) is 4. The molecule has 0 spiro atoms. The van der Waals surface area contributed by atoms with Crippen LogP contribution in [-0.2, 0) is 16.1 Å². The van der Waals surface area contributed by atoms with E-state index in [0.717, 1.165) is 17.1 Å². The minimum absolute atomic E-state index is 0.0105. The highest BCUT2D eigenvalue weighted by Gasteiger charge is 2.05. The Morgan fingerprint density at radius 2 is 2.00 bits per heavy atom. The molecular weight excluding hydrogens is 298 g/mol. The van der Waals surface area contributed by atoms with Crippen molar-refractivity contribution in [2.75, 3.05) is 18.1 Å². The van der Waals surface area contributed by atoms with Crippen LogP contribution in [0.25, 0.3) is 0 Å². The summed E-state index contributed by atoms with van der Waals surface area (Å²) < 4.78 is 0. The first-order chi connectivity index (χ1) is 10.6. The van der Waals surface area contributed by atoms with E-state index in [1.54, 1.807) is 24.2 Å². The van der Waals surface area contributed by atoms with Gasteiger partial charge in [0, 0.05) is 44.1 Å². The summed E-state index contributed by atoms with van der Waals surface area (Å²) in [5.41, 5.74) is 0.960. The number of rotatable bonds is 10. The number of carbonyl (C=O) groups excluding carboxylic acids is 2. The molecule has 0 saturated carbocycles. The van der Waals surface area contributed by atoms with Gasteiger partial charge in [-0.05, 0) is 23.3 Å². The van der Waals surface area contributed by atoms with E-state index in [2.05, 4.69) is 29.5 Å². The number of thioether (sulfide) groups is 1. The molecule has 0 bridgehead atoms. The number of aromatic nitrogens is 1. The third-order valence-electron chi connectivity index (χ3n) is 2.81. The van der Waals surface area contributed by atoms with E-state index in [1.807, 2.05) is 12.1 Å². The largest absolute Gasteiger partial charge is 0.356 e. The Morgan fingerprint density at radius 3 is 2.68 bits per heavy atom. The van der Waals surface area contributed by atoms with Crippen LogP contribution in [0.2, 0.25) is 0 Å². The van der Waals surface area contributed by atoms with Gasteiger partial charge in [-0.3, -0.25) is 14.6 Å². The molecule has 0 aromatic carbocycles. The molecule has 0 aliphatic rings. The van der Waals surface area contributed by atoms with Gasteiger partial charge in [0.2, 0.25) is 11.8 Å². The first-order valence-corrected chi connectivity index (χ1v) is 8.73. The van der Waals surface area contributed by atoms with Crippen LogP contribution in [0.1, 0.15) is 32.3 Å². The molecule has 0 saturated heterocycles. The molecule has 2 N–H and O–H groups in total. The number of nitrogens with zero attached hydrogens (tertiary/aromatic N) is 1. The summed E-state index contributed by atoms with van der Waals surface area (Å²) in [6, 6.07) is 3.74. The lowest BCUT2D eigenvalue weighted by molar-refractivity contribution is -0.122. The maximum atomic E-state index is 11.6. The molecule has 0 radical (unpaired) electrons. The van der Waals surface area contributed by atoms with Crippen molar-refractivity contribution in [1.29, 1.82) is 0 Å². The summed E-state index contributed by atoms with van der Waals surface area (Å²) in [6.07, 6.45) is 4.22. The summed E-state index contributed by atoms with van der Waals surface area (Å²) in [4.78, 5) is 27.2. The van der Waals surface area contributed by atoms with Gasteiger partial charge in [0.05, 0.1) is 0 Å². The summed E-state index contributed by atoms with van der Waals surface area (Å²) in [6.45, 7) is 5.17. The van der Waals surface area contributed by atoms with Crippen molar-refractivity contribution in [1.82, 2.24) is 15.6 Å². The van der Waals surface area contributed by atoms with E-state index >= 15 is 0 Å². The van der Waals surface area contributed by atoms with E-state index in [0.29, 0.717) is 31.8 Å². The van der Waals surface area contributed by atoms with Crippen LogP contribution in [0.3, 0.4) is 0 Å². The minimum Gasteiger partial charge on any atom is -0.356 e. The molecule has 0 aliphatic heterocycles. The number of pyridine rings is 1. The molecule has 0 atom stereocenters. The number of amides is 2. The van der Waals surface area contributed by atoms with Crippen molar-refractivity contribution in [3.63, 3.8) is 0 Å². The number of nitrogens with one attached hydrogen (secondary N) is 2. The maximum absolute atomic E-state index is 11.6. The average Bonchev–Trinajstić information content (AvgIpc) is 2.50. The van der Waals surface area contributed by atoms with E-state index in [1.165, 1.54) is 0 Å². The van der Waals surface area contributed by atoms with Crippen LogP contribution in [0.15, 0.2) is 24.5 Å². The minimum atomic E-state index is -0.0710. The maximum Gasteiger partial charge on any atom is 0.222 e. The average molecular weight is 323 g/mol. The monoisotopic (exact) mass is 323 g/mol. The molecule has 1 heterocycles. The molecule has 122 valence electrons. The molecule has 1 rings (SSSR count). The second-order valence-electron chi connectivity index (χ2n) is 5.46. The normalized spacial score (nSPS) is 10.5. The highest BCUT2D eigenvalue weighted by molar-refractivity contribution is 7.99. The Labute approximate surface area is 136 Å². The van der Waals surface area contributed by atoms with Gasteiger partial charge in [0.25, 0.3) is 0 Å². The summed E-state index contributed by atoms with van der Waals surface area (Å²) in [7, 11) is 0. The van der Waals surface area contributed by atoms with Crippen LogP contribution in [0, 0.1) is 5.92 Å². The molecule has 6 heteroatoms. The van der Waals surface area contributed by atoms with Gasteiger partial charge >= 0.3 is 0 Å². The first kappa shape index (κ1) is 18.5. The van der Waals surface area contributed by atoms with E-state index in [9.17, 15) is 9.59 Å². The fourth-order valence-corrected chi connectivity index (χ4v) is 2.65. The number of hydrogen-bond donors (Lipinski definition) is 2. The zero-order valence-electron chi connectivity index (χ0n) is 13.3. The van der Waals surface area contributed by atoms with Gasteiger partial charge in [-0.25, -0.2) is 0 Å². The van der Waals surface area contributed by atoms with Crippen molar-refractivity contribution in [2.45, 2.75) is 33.2 Å². The van der Waals surface area contributed by atoms with E-state index < -0.39 is 0 Å². The third kappa shape index (κ3) is 9.39. The number of carbonyl (C=O) groups is 2. The second kappa shape index (κ2) is 11.1. The fourth-order valence-electron chi connectivity index (χ4n) is 1.68. The van der Waals surface area contributed by atoms with Crippen molar-refractivity contribution >= 4 is 23.6 Å². The smallest absolute Gasteiger partial charge is 0.222 e. The molecule has 1 aromatic heterocycles. The van der Waals surface area contributed by atoms with Gasteiger partial charge < -0.3 is 10.6 Å². The predicted molar refractivity (Wildman–Crippen MR) is 90.5 cm³/mol. The molecule has 1 aromatic rings. The Morgan fingerprint density at radius 1 is 1.23 bits per heavy atom. The van der Waals surface area contributed by atoms with Crippen LogP contribution in [-0.4, -0.2) is 34.8 Å². The second-order valence-corrected chi connectivity index (χ2v) is 6.61. The summed E-state index contributed by atoms with van der Waals surface area (Å²) in [5.74, 6) is 2.49. The molecular formula is C16H25N3O2S. The van der Waals surface area contributed by atoms with Gasteiger partial charge in [-0.15, -0.1) is 0 Å². The summed E-state index contributed by atoms with van der Waals surface area (Å²) >= 11 is 1.79. The molecule has 0 fully saturated rings. The zero-order chi connectivity index (χ0) is 16.2. The van der Waals surface area contributed by atoms with E-state index in [4.69, 9.17) is 0 Å². The van der Waals surface area contributed by atoms with Crippen molar-refractivity contribution in [3.05, 3.63) is 30.1 Å². The third-order valence-corrected chi connectivity index (χ3v) is 4.21. The van der Waals surface area contributed by atoms with E-state index in [-0.39, 0.29) is 11.8 Å². The van der Waals surface area contributed by atoms with Gasteiger partial charge in [-0.2, -0.15) is 11.8 Å². The lowest BCUT2D eigenvalue weighted by Gasteiger charge is -2.07. The Kier molecular flexibility index (Phi) is 9.30. The standard InChI is InChI=1S/C16H25N3O2S/c1-13(2)12-22-9-6-16(21)18-8-5-15(20)19-11-14-4-3-7-17-10-14/h3-4,7,10,13H,5-6,8-9,11-12H2,1-2H3,(H,18,21)(H,19,20). The molecule has 2 amide bonds. The lowest BCUT2D eigenvalue weighted by Crippen LogP contribution is -2.30. The van der Waals surface area contributed by atoms with Crippen LogP contribution < -0.4 is 10.6 Å². The predicted octanol–water partition coefficient (Wildman–Crippen LogP) is 1.98. The molecule has 0 aliphatic carbocycles. The van der Waals surface area contributed by atoms with Crippen molar-refractivity contribution in [3.8, 4) is 0 Å². The fraction of sp³-hybridized carbons (Fsp3) is 0.562. The quantitative estimate of drug-likeness (QED) is 0.646. The molecule has 0 unspecified atom stereocenters. The first-order valence-electron chi connectivity index (χ1n) is 7.58. The topological polar surface area (TPSA) is 71.1 Å². The van der Waals surface area contributed by atoms with Gasteiger partial charge in [0.15, 0.2) is 0 Å². The Hall–Kier alpha value is -1.56. The van der Waals surface area contributed by atoms with Gasteiger partial charge in [-0.1, -0.05) is 19.9 Å². The highest BCUT2D eigenvalue weighted by Crippen LogP contribution is 2.08. The van der Waals surface area contributed by atoms with Gasteiger partial charge in [0.1, 0.15) is 0 Å². The lowest BCUT2D eigenvalue weighted by atomic mass is 10.3.